The molecule has 1 saturated heterocycles. The number of H-pyrrole nitrogens is 1. The van der Waals surface area contributed by atoms with Crippen LogP contribution in [0, 0.1) is 6.92 Å². The third-order valence-corrected chi connectivity index (χ3v) is 4.17. The molecule has 2 aromatic rings. The van der Waals surface area contributed by atoms with Crippen LogP contribution in [0.15, 0.2) is 12.1 Å². The predicted molar refractivity (Wildman–Crippen MR) is 69.4 cm³/mol. The van der Waals surface area contributed by atoms with E-state index >= 15 is 0 Å². The highest BCUT2D eigenvalue weighted by Gasteiger charge is 2.25. The van der Waals surface area contributed by atoms with Gasteiger partial charge in [-0.1, -0.05) is 0 Å². The molecule has 17 heavy (non-hydrogen) atoms. The number of aromatic nitrogens is 1. The summed E-state index contributed by atoms with van der Waals surface area (Å²) < 4.78 is 1.15. The first kappa shape index (κ1) is 10.8. The molecular weight excluding hydrogens is 234 g/mol. The summed E-state index contributed by atoms with van der Waals surface area (Å²) in [5.74, 6) is 0.0685. The van der Waals surface area contributed by atoms with Gasteiger partial charge in [-0.2, -0.15) is 0 Å². The number of hydrogen-bond donors (Lipinski definition) is 2. The van der Waals surface area contributed by atoms with Crippen molar-refractivity contribution < 1.29 is 4.79 Å². The molecule has 0 aromatic carbocycles. The number of carbonyl (C=O) groups is 1. The summed E-state index contributed by atoms with van der Waals surface area (Å²) in [5.41, 5.74) is 7.55. The summed E-state index contributed by atoms with van der Waals surface area (Å²) >= 11 is 1.71. The lowest BCUT2D eigenvalue weighted by Crippen LogP contribution is -2.32. The van der Waals surface area contributed by atoms with Gasteiger partial charge in [-0.3, -0.25) is 4.79 Å². The van der Waals surface area contributed by atoms with Gasteiger partial charge in [-0.05, 0) is 25.5 Å². The van der Waals surface area contributed by atoms with Gasteiger partial charge < -0.3 is 15.6 Å². The van der Waals surface area contributed by atoms with Crippen LogP contribution in [-0.2, 0) is 0 Å². The molecule has 1 amide bonds. The van der Waals surface area contributed by atoms with Crippen molar-refractivity contribution in [3.63, 3.8) is 0 Å². The Labute approximate surface area is 103 Å². The van der Waals surface area contributed by atoms with E-state index in [1.807, 2.05) is 11.0 Å². The Morgan fingerprint density at radius 1 is 1.59 bits per heavy atom. The number of amides is 1. The maximum Gasteiger partial charge on any atom is 0.270 e. The van der Waals surface area contributed by atoms with Gasteiger partial charge in [0, 0.05) is 24.0 Å². The number of carbonyl (C=O) groups excluding carboxylic acids is 1. The minimum atomic E-state index is 0.0685. The van der Waals surface area contributed by atoms with Crippen LogP contribution < -0.4 is 5.73 Å². The van der Waals surface area contributed by atoms with Gasteiger partial charge in [0.05, 0.1) is 10.2 Å². The number of thiophene rings is 1. The summed E-state index contributed by atoms with van der Waals surface area (Å²) in [6.45, 7) is 3.51. The number of aryl methyl sites for hydroxylation is 1. The molecule has 1 atom stereocenters. The van der Waals surface area contributed by atoms with E-state index in [1.165, 1.54) is 4.88 Å². The second kappa shape index (κ2) is 3.85. The predicted octanol–water partition coefficient (Wildman–Crippen LogP) is 1.71. The zero-order valence-corrected chi connectivity index (χ0v) is 10.5. The average Bonchev–Trinajstić information content (AvgIpc) is 2.90. The maximum absolute atomic E-state index is 12.2. The normalized spacial score (nSPS) is 20.4. The van der Waals surface area contributed by atoms with Crippen molar-refractivity contribution in [2.45, 2.75) is 19.4 Å². The van der Waals surface area contributed by atoms with Gasteiger partial charge in [0.2, 0.25) is 0 Å². The monoisotopic (exact) mass is 249 g/mol. The first-order valence-corrected chi connectivity index (χ1v) is 6.59. The lowest BCUT2D eigenvalue weighted by molar-refractivity contribution is 0.0786. The molecule has 2 aromatic heterocycles. The van der Waals surface area contributed by atoms with E-state index in [0.29, 0.717) is 12.2 Å². The molecule has 3 N–H and O–H groups in total. The minimum Gasteiger partial charge on any atom is -0.350 e. The number of fused-ring (bicyclic) bond motifs is 1. The Bertz CT molecular complexity index is 540. The lowest BCUT2D eigenvalue weighted by atomic mass is 10.3. The molecule has 3 rings (SSSR count). The molecule has 0 aliphatic carbocycles. The summed E-state index contributed by atoms with van der Waals surface area (Å²) in [7, 11) is 0. The molecule has 3 heterocycles. The van der Waals surface area contributed by atoms with Gasteiger partial charge in [0.25, 0.3) is 5.91 Å². The second-order valence-electron chi connectivity index (χ2n) is 4.62. The third kappa shape index (κ3) is 1.85. The van der Waals surface area contributed by atoms with E-state index in [4.69, 9.17) is 5.73 Å². The fourth-order valence-electron chi connectivity index (χ4n) is 2.31. The van der Waals surface area contributed by atoms with Crippen molar-refractivity contribution in [2.75, 3.05) is 13.1 Å². The zero-order valence-electron chi connectivity index (χ0n) is 9.69. The van der Waals surface area contributed by atoms with Gasteiger partial charge in [-0.25, -0.2) is 0 Å². The van der Waals surface area contributed by atoms with E-state index in [1.54, 1.807) is 11.3 Å². The van der Waals surface area contributed by atoms with Crippen LogP contribution in [0.5, 0.6) is 0 Å². The van der Waals surface area contributed by atoms with E-state index in [2.05, 4.69) is 18.0 Å². The quantitative estimate of drug-likeness (QED) is 0.808. The van der Waals surface area contributed by atoms with Crippen molar-refractivity contribution in [2.24, 2.45) is 5.73 Å². The van der Waals surface area contributed by atoms with Gasteiger partial charge in [0.15, 0.2) is 0 Å². The Balaban J connectivity index is 1.87. The summed E-state index contributed by atoms with van der Waals surface area (Å²) in [6.07, 6.45) is 0.903. The molecule has 0 radical (unpaired) electrons. The van der Waals surface area contributed by atoms with E-state index in [9.17, 15) is 4.79 Å². The highest BCUT2D eigenvalue weighted by molar-refractivity contribution is 7.19. The average molecular weight is 249 g/mol. The van der Waals surface area contributed by atoms with Crippen LogP contribution >= 0.6 is 11.3 Å². The summed E-state index contributed by atoms with van der Waals surface area (Å²) in [6, 6.07) is 4.16. The van der Waals surface area contributed by atoms with Crippen molar-refractivity contribution in [3.8, 4) is 0 Å². The van der Waals surface area contributed by atoms with Gasteiger partial charge in [-0.15, -0.1) is 11.3 Å². The largest absolute Gasteiger partial charge is 0.350 e. The number of nitrogens with two attached hydrogens (primary N) is 1. The Morgan fingerprint density at radius 3 is 3.06 bits per heavy atom. The number of aromatic amines is 1. The number of rotatable bonds is 1. The fraction of sp³-hybridized carbons (Fsp3) is 0.417. The molecule has 5 heteroatoms. The molecule has 1 aliphatic heterocycles. The molecular formula is C12H15N3OS. The van der Waals surface area contributed by atoms with E-state index in [0.717, 1.165) is 23.2 Å². The van der Waals surface area contributed by atoms with Crippen LogP contribution in [0.25, 0.3) is 10.2 Å². The van der Waals surface area contributed by atoms with Crippen LogP contribution in [0.3, 0.4) is 0 Å². The first-order valence-electron chi connectivity index (χ1n) is 5.77. The number of nitrogens with one attached hydrogen (secondary N) is 1. The van der Waals surface area contributed by atoms with Gasteiger partial charge >= 0.3 is 0 Å². The molecule has 4 nitrogen and oxygen atoms in total. The molecule has 0 saturated carbocycles. The molecule has 90 valence electrons. The van der Waals surface area contributed by atoms with Crippen LogP contribution in [-0.4, -0.2) is 34.9 Å². The van der Waals surface area contributed by atoms with E-state index < -0.39 is 0 Å². The smallest absolute Gasteiger partial charge is 0.270 e. The minimum absolute atomic E-state index is 0.0685. The van der Waals surface area contributed by atoms with Crippen molar-refractivity contribution in [3.05, 3.63) is 22.7 Å². The standard InChI is InChI=1S/C12H15N3OS/c1-7-4-9-11(17-7)5-10(14-9)12(16)15-3-2-8(13)6-15/h4-5,8,14H,2-3,6,13H2,1H3/t8-/m0/s1. The number of nitrogens with zero attached hydrogens (tertiary/aromatic N) is 1. The SMILES string of the molecule is Cc1cc2[nH]c(C(=O)N3CC[C@H](N)C3)cc2s1. The van der Waals surface area contributed by atoms with E-state index in [-0.39, 0.29) is 11.9 Å². The topological polar surface area (TPSA) is 62.1 Å². The summed E-state index contributed by atoms with van der Waals surface area (Å²) in [5, 5.41) is 0. The highest BCUT2D eigenvalue weighted by Crippen LogP contribution is 2.26. The van der Waals surface area contributed by atoms with Crippen LogP contribution in [0.4, 0.5) is 0 Å². The first-order chi connectivity index (χ1) is 8.13. The molecule has 0 unspecified atom stereocenters. The van der Waals surface area contributed by atoms with Crippen LogP contribution in [0.2, 0.25) is 0 Å². The third-order valence-electron chi connectivity index (χ3n) is 3.17. The second-order valence-corrected chi connectivity index (χ2v) is 5.91. The van der Waals surface area contributed by atoms with Crippen molar-refractivity contribution in [1.82, 2.24) is 9.88 Å². The van der Waals surface area contributed by atoms with Crippen LogP contribution in [0.1, 0.15) is 21.8 Å². The zero-order chi connectivity index (χ0) is 12.0. The molecule has 1 aliphatic rings. The number of likely N-dealkylation sites (tertiary alicyclic amines) is 1. The Morgan fingerprint density at radius 2 is 2.41 bits per heavy atom. The molecule has 1 fully saturated rings. The molecule has 0 bridgehead atoms. The lowest BCUT2D eigenvalue weighted by Gasteiger charge is -2.14. The fourth-order valence-corrected chi connectivity index (χ4v) is 3.23. The van der Waals surface area contributed by atoms with Gasteiger partial charge in [0.1, 0.15) is 5.69 Å². The molecule has 0 spiro atoms. The highest BCUT2D eigenvalue weighted by atomic mass is 32.1. The summed E-state index contributed by atoms with van der Waals surface area (Å²) in [4.78, 5) is 18.5. The van der Waals surface area contributed by atoms with Crippen molar-refractivity contribution >= 4 is 27.5 Å². The van der Waals surface area contributed by atoms with Crippen molar-refractivity contribution in [1.29, 1.82) is 0 Å². The maximum atomic E-state index is 12.2. The number of hydrogen-bond acceptors (Lipinski definition) is 3. The Kier molecular flexibility index (Phi) is 2.45. The Hall–Kier alpha value is -1.33.